The smallest absolute Gasteiger partial charge is 0.335 e. The van der Waals surface area contributed by atoms with Crippen LogP contribution in [0.5, 0.6) is 17.2 Å². The highest BCUT2D eigenvalue weighted by Gasteiger charge is 2.37. The Labute approximate surface area is 214 Å². The Balaban J connectivity index is 1.37. The van der Waals surface area contributed by atoms with E-state index in [1.807, 2.05) is 25.1 Å². The van der Waals surface area contributed by atoms with Crippen LogP contribution in [-0.2, 0) is 16.2 Å². The van der Waals surface area contributed by atoms with Gasteiger partial charge in [0.25, 0.3) is 11.8 Å². The molecule has 9 heteroatoms. The number of anilines is 1. The highest BCUT2D eigenvalue weighted by atomic mass is 127. The van der Waals surface area contributed by atoms with Crippen molar-refractivity contribution in [1.82, 2.24) is 5.32 Å². The molecule has 2 aliphatic heterocycles. The fraction of sp³-hybridized carbons (Fsp3) is 0.115. The van der Waals surface area contributed by atoms with Gasteiger partial charge in [-0.3, -0.25) is 14.9 Å². The Kier molecular flexibility index (Phi) is 6.16. The van der Waals surface area contributed by atoms with E-state index in [1.54, 1.807) is 30.3 Å². The van der Waals surface area contributed by atoms with Gasteiger partial charge in [0, 0.05) is 6.07 Å². The van der Waals surface area contributed by atoms with E-state index in [0.29, 0.717) is 29.4 Å². The molecule has 176 valence electrons. The number of hydrogen-bond acceptors (Lipinski definition) is 6. The predicted octanol–water partition coefficient (Wildman–Crippen LogP) is 4.57. The van der Waals surface area contributed by atoms with Gasteiger partial charge < -0.3 is 14.2 Å². The fourth-order valence-corrected chi connectivity index (χ4v) is 4.46. The molecule has 3 aromatic rings. The van der Waals surface area contributed by atoms with Gasteiger partial charge >= 0.3 is 6.03 Å². The maximum absolute atomic E-state index is 13.2. The second kappa shape index (κ2) is 9.41. The second-order valence-electron chi connectivity index (χ2n) is 7.96. The Bertz CT molecular complexity index is 1400. The number of nitrogens with zero attached hydrogens (tertiary/aromatic N) is 1. The third-order valence-corrected chi connectivity index (χ3v) is 6.30. The maximum atomic E-state index is 13.2. The van der Waals surface area contributed by atoms with Crippen LogP contribution >= 0.6 is 22.6 Å². The van der Waals surface area contributed by atoms with Crippen molar-refractivity contribution in [3.05, 3.63) is 86.5 Å². The molecule has 0 aliphatic carbocycles. The molecule has 2 aliphatic rings. The largest absolute Gasteiger partial charge is 0.488 e. The number of nitrogens with one attached hydrogen (secondary N) is 1. The van der Waals surface area contributed by atoms with Crippen LogP contribution in [0.2, 0.25) is 0 Å². The third kappa shape index (κ3) is 4.72. The zero-order chi connectivity index (χ0) is 24.5. The van der Waals surface area contributed by atoms with Gasteiger partial charge in [-0.05, 0) is 71.0 Å². The van der Waals surface area contributed by atoms with Crippen molar-refractivity contribution in [3.63, 3.8) is 0 Å². The van der Waals surface area contributed by atoms with E-state index >= 15 is 0 Å². The average molecular weight is 582 g/mol. The summed E-state index contributed by atoms with van der Waals surface area (Å²) >= 11 is 2.14. The van der Waals surface area contributed by atoms with Gasteiger partial charge in [0.1, 0.15) is 17.9 Å². The van der Waals surface area contributed by atoms with Gasteiger partial charge in [-0.15, -0.1) is 0 Å². The molecule has 0 radical (unpaired) electrons. The number of imide groups is 2. The van der Waals surface area contributed by atoms with Crippen molar-refractivity contribution < 1.29 is 28.6 Å². The lowest BCUT2D eigenvalue weighted by atomic mass is 10.1. The first-order chi connectivity index (χ1) is 16.9. The van der Waals surface area contributed by atoms with Gasteiger partial charge in [-0.2, -0.15) is 0 Å². The van der Waals surface area contributed by atoms with Crippen LogP contribution in [0.4, 0.5) is 10.5 Å². The Morgan fingerprint density at radius 2 is 1.86 bits per heavy atom. The number of carbonyl (C=O) groups excluding carboxylic acids is 3. The number of urea groups is 1. The summed E-state index contributed by atoms with van der Waals surface area (Å²) in [5.74, 6) is 0.135. The molecule has 0 spiro atoms. The average Bonchev–Trinajstić information content (AvgIpc) is 3.29. The van der Waals surface area contributed by atoms with Crippen LogP contribution < -0.4 is 24.4 Å². The SMILES string of the molecule is Cc1cccc(COc2ccc(/C=C3\C(=O)NC(=O)N(c4ccc5c(c4)OCO5)C3=O)cc2I)c1. The summed E-state index contributed by atoms with van der Waals surface area (Å²) in [6, 6.07) is 17.3. The van der Waals surface area contributed by atoms with E-state index in [4.69, 9.17) is 14.2 Å². The zero-order valence-electron chi connectivity index (χ0n) is 18.5. The van der Waals surface area contributed by atoms with Crippen molar-refractivity contribution in [2.75, 3.05) is 11.7 Å². The number of barbiturate groups is 1. The molecule has 0 saturated carbocycles. The Morgan fingerprint density at radius 1 is 1.03 bits per heavy atom. The molecule has 0 unspecified atom stereocenters. The number of fused-ring (bicyclic) bond motifs is 1. The number of hydrogen-bond donors (Lipinski definition) is 1. The molecule has 1 fully saturated rings. The van der Waals surface area contributed by atoms with E-state index in [9.17, 15) is 14.4 Å². The van der Waals surface area contributed by atoms with Crippen molar-refractivity contribution >= 4 is 52.2 Å². The number of ether oxygens (including phenoxy) is 3. The van der Waals surface area contributed by atoms with E-state index < -0.39 is 17.8 Å². The van der Waals surface area contributed by atoms with Gasteiger partial charge in [0.2, 0.25) is 6.79 Å². The lowest BCUT2D eigenvalue weighted by molar-refractivity contribution is -0.122. The molecule has 0 atom stereocenters. The molecule has 1 saturated heterocycles. The summed E-state index contributed by atoms with van der Waals surface area (Å²) in [6.45, 7) is 2.51. The summed E-state index contributed by atoms with van der Waals surface area (Å²) in [5, 5.41) is 2.23. The van der Waals surface area contributed by atoms with Crippen LogP contribution in [0, 0.1) is 10.5 Å². The number of halogens is 1. The summed E-state index contributed by atoms with van der Waals surface area (Å²) in [7, 11) is 0. The quantitative estimate of drug-likeness (QED) is 0.269. The number of carbonyl (C=O) groups is 3. The summed E-state index contributed by atoms with van der Waals surface area (Å²) in [4.78, 5) is 39.1. The monoisotopic (exact) mass is 582 g/mol. The minimum atomic E-state index is -0.828. The van der Waals surface area contributed by atoms with Gasteiger partial charge in [-0.25, -0.2) is 9.69 Å². The van der Waals surface area contributed by atoms with Crippen molar-refractivity contribution in [2.45, 2.75) is 13.5 Å². The van der Waals surface area contributed by atoms with Crippen LogP contribution in [-0.4, -0.2) is 24.6 Å². The minimum absolute atomic E-state index is 0.0614. The first kappa shape index (κ1) is 22.9. The summed E-state index contributed by atoms with van der Waals surface area (Å²) in [5.41, 5.74) is 2.95. The van der Waals surface area contributed by atoms with Gasteiger partial charge in [0.05, 0.1) is 9.26 Å². The molecule has 4 amide bonds. The topological polar surface area (TPSA) is 94.2 Å². The third-order valence-electron chi connectivity index (χ3n) is 5.46. The van der Waals surface area contributed by atoms with E-state index in [-0.39, 0.29) is 18.1 Å². The highest BCUT2D eigenvalue weighted by Crippen LogP contribution is 2.36. The number of amides is 4. The second-order valence-corrected chi connectivity index (χ2v) is 9.13. The lowest BCUT2D eigenvalue weighted by Crippen LogP contribution is -2.54. The first-order valence-electron chi connectivity index (χ1n) is 10.7. The molecule has 0 aromatic heterocycles. The predicted molar refractivity (Wildman–Crippen MR) is 136 cm³/mol. The molecule has 1 N–H and O–H groups in total. The normalized spacial score (nSPS) is 16.0. The van der Waals surface area contributed by atoms with Crippen LogP contribution in [0.15, 0.2) is 66.2 Å². The van der Waals surface area contributed by atoms with E-state index in [1.165, 1.54) is 12.1 Å². The van der Waals surface area contributed by atoms with Gasteiger partial charge in [-0.1, -0.05) is 35.9 Å². The van der Waals surface area contributed by atoms with Crippen molar-refractivity contribution in [1.29, 1.82) is 0 Å². The van der Waals surface area contributed by atoms with Gasteiger partial charge in [0.15, 0.2) is 11.5 Å². The summed E-state index contributed by atoms with van der Waals surface area (Å²) < 4.78 is 17.4. The number of benzene rings is 3. The number of aryl methyl sites for hydroxylation is 1. The zero-order valence-corrected chi connectivity index (χ0v) is 20.7. The van der Waals surface area contributed by atoms with Crippen molar-refractivity contribution in [2.24, 2.45) is 0 Å². The number of rotatable bonds is 5. The maximum Gasteiger partial charge on any atom is 0.335 e. The van der Waals surface area contributed by atoms with E-state index in [0.717, 1.165) is 19.6 Å². The Hall–Kier alpha value is -3.86. The molecular formula is C26H19IN2O6. The van der Waals surface area contributed by atoms with Crippen molar-refractivity contribution in [3.8, 4) is 17.2 Å². The lowest BCUT2D eigenvalue weighted by Gasteiger charge is -2.26. The molecule has 3 aromatic carbocycles. The molecular weight excluding hydrogens is 563 g/mol. The van der Waals surface area contributed by atoms with E-state index in [2.05, 4.69) is 34.0 Å². The highest BCUT2D eigenvalue weighted by molar-refractivity contribution is 14.1. The molecule has 2 heterocycles. The standard InChI is InChI=1S/C26H19IN2O6/c1-15-3-2-4-17(9-15)13-33-21-7-5-16(11-20(21)27)10-19-24(30)28-26(32)29(25(19)31)18-6-8-22-23(12-18)35-14-34-22/h2-12H,13-14H2,1H3,(H,28,30,32)/b19-10+. The minimum Gasteiger partial charge on any atom is -0.488 e. The van der Waals surface area contributed by atoms with Crippen LogP contribution in [0.1, 0.15) is 16.7 Å². The molecule has 5 rings (SSSR count). The van der Waals surface area contributed by atoms with Crippen LogP contribution in [0.25, 0.3) is 6.08 Å². The fourth-order valence-electron chi connectivity index (χ4n) is 3.77. The molecule has 35 heavy (non-hydrogen) atoms. The molecule has 0 bridgehead atoms. The summed E-state index contributed by atoms with van der Waals surface area (Å²) in [6.07, 6.45) is 1.45. The van der Waals surface area contributed by atoms with Crippen LogP contribution in [0.3, 0.4) is 0 Å². The molecule has 8 nitrogen and oxygen atoms in total. The first-order valence-corrected chi connectivity index (χ1v) is 11.8. The Morgan fingerprint density at radius 3 is 2.66 bits per heavy atom.